The molecular weight excluding hydrogens is 226 g/mol. The Kier molecular flexibility index (Phi) is 3.94. The van der Waals surface area contributed by atoms with Gasteiger partial charge < -0.3 is 9.84 Å². The molecule has 0 aromatic heterocycles. The molecule has 1 unspecified atom stereocenters. The molecule has 0 aliphatic carbocycles. The molecule has 0 radical (unpaired) electrons. The third-order valence-corrected chi connectivity index (χ3v) is 2.79. The monoisotopic (exact) mass is 234 g/mol. The van der Waals surface area contributed by atoms with Gasteiger partial charge in [-0.05, 0) is 13.3 Å². The van der Waals surface area contributed by atoms with Gasteiger partial charge in [-0.3, -0.25) is 0 Å². The summed E-state index contributed by atoms with van der Waals surface area (Å²) in [5.74, 6) is 0. The molecule has 1 N–H and O–H groups in total. The van der Waals surface area contributed by atoms with Crippen molar-refractivity contribution in [2.24, 2.45) is 0 Å². The summed E-state index contributed by atoms with van der Waals surface area (Å²) in [6, 6.07) is 0. The standard InChI is InChI=1S/C6H9Cl3O3/c1-3-5(2,6(7,8)9)12-4(10)11/h3H2,1-2H3,(H,10,11). The first kappa shape index (κ1) is 12.1. The first-order valence-electron chi connectivity index (χ1n) is 3.21. The Bertz CT molecular complexity index is 177. The number of carbonyl (C=O) groups is 1. The van der Waals surface area contributed by atoms with Crippen LogP contribution < -0.4 is 0 Å². The summed E-state index contributed by atoms with van der Waals surface area (Å²) in [5.41, 5.74) is -1.30. The van der Waals surface area contributed by atoms with E-state index in [0.717, 1.165) is 0 Å². The predicted molar refractivity (Wildman–Crippen MR) is 48.1 cm³/mol. The van der Waals surface area contributed by atoms with E-state index in [1.807, 2.05) is 0 Å². The molecule has 0 saturated heterocycles. The van der Waals surface area contributed by atoms with Crippen LogP contribution in [0, 0.1) is 0 Å². The van der Waals surface area contributed by atoms with Crippen LogP contribution in [-0.2, 0) is 4.74 Å². The van der Waals surface area contributed by atoms with E-state index in [-0.39, 0.29) is 6.42 Å². The van der Waals surface area contributed by atoms with Crippen LogP contribution in [0.3, 0.4) is 0 Å². The Balaban J connectivity index is 4.56. The quantitative estimate of drug-likeness (QED) is 0.590. The van der Waals surface area contributed by atoms with E-state index in [4.69, 9.17) is 39.9 Å². The Morgan fingerprint density at radius 1 is 1.50 bits per heavy atom. The van der Waals surface area contributed by atoms with Gasteiger partial charge in [0, 0.05) is 0 Å². The second-order valence-electron chi connectivity index (χ2n) is 2.45. The molecule has 12 heavy (non-hydrogen) atoms. The molecule has 0 spiro atoms. The highest BCUT2D eigenvalue weighted by Gasteiger charge is 2.46. The molecule has 1 atom stereocenters. The van der Waals surface area contributed by atoms with Crippen LogP contribution >= 0.6 is 34.8 Å². The smallest absolute Gasteiger partial charge is 0.450 e. The van der Waals surface area contributed by atoms with Gasteiger partial charge in [0.15, 0.2) is 5.60 Å². The van der Waals surface area contributed by atoms with Crippen molar-refractivity contribution in [3.8, 4) is 0 Å². The molecule has 72 valence electrons. The lowest BCUT2D eigenvalue weighted by Crippen LogP contribution is -2.43. The van der Waals surface area contributed by atoms with Crippen molar-refractivity contribution < 1.29 is 14.6 Å². The van der Waals surface area contributed by atoms with Gasteiger partial charge in [-0.15, -0.1) is 0 Å². The van der Waals surface area contributed by atoms with Gasteiger partial charge >= 0.3 is 6.16 Å². The molecule has 0 amide bonds. The summed E-state index contributed by atoms with van der Waals surface area (Å²) in [6.07, 6.45) is -1.17. The van der Waals surface area contributed by atoms with Crippen LogP contribution in [0.4, 0.5) is 4.79 Å². The van der Waals surface area contributed by atoms with E-state index >= 15 is 0 Å². The minimum absolute atomic E-state index is 0.287. The lowest BCUT2D eigenvalue weighted by atomic mass is 10.1. The zero-order chi connectivity index (χ0) is 9.99. The number of alkyl halides is 3. The molecule has 0 fully saturated rings. The molecule has 0 aromatic rings. The molecule has 6 heteroatoms. The summed E-state index contributed by atoms with van der Waals surface area (Å²) in [4.78, 5) is 10.2. The normalized spacial score (nSPS) is 16.8. The van der Waals surface area contributed by atoms with E-state index in [2.05, 4.69) is 4.74 Å². The van der Waals surface area contributed by atoms with E-state index in [9.17, 15) is 4.79 Å². The van der Waals surface area contributed by atoms with Crippen molar-refractivity contribution in [1.29, 1.82) is 0 Å². The number of hydrogen-bond donors (Lipinski definition) is 1. The molecule has 3 nitrogen and oxygen atoms in total. The molecule has 0 heterocycles. The van der Waals surface area contributed by atoms with Gasteiger partial charge in [0.1, 0.15) is 0 Å². The maximum atomic E-state index is 10.2. The van der Waals surface area contributed by atoms with Gasteiger partial charge in [-0.2, -0.15) is 0 Å². The Labute approximate surface area is 85.5 Å². The van der Waals surface area contributed by atoms with E-state index < -0.39 is 15.5 Å². The fraction of sp³-hybridized carbons (Fsp3) is 0.833. The Hall–Kier alpha value is 0.140. The minimum atomic E-state index is -1.75. The van der Waals surface area contributed by atoms with Gasteiger partial charge in [-0.25, -0.2) is 4.79 Å². The van der Waals surface area contributed by atoms with Gasteiger partial charge in [0.25, 0.3) is 0 Å². The molecule has 0 aromatic carbocycles. The average molecular weight is 235 g/mol. The molecule has 0 aliphatic heterocycles. The summed E-state index contributed by atoms with van der Waals surface area (Å²) in [6.45, 7) is 3.10. The zero-order valence-electron chi connectivity index (χ0n) is 6.60. The van der Waals surface area contributed by atoms with Gasteiger partial charge in [0.05, 0.1) is 0 Å². The van der Waals surface area contributed by atoms with Crippen LogP contribution in [0.2, 0.25) is 0 Å². The first-order chi connectivity index (χ1) is 5.23. The summed E-state index contributed by atoms with van der Waals surface area (Å²) in [7, 11) is 0. The number of halogens is 3. The Morgan fingerprint density at radius 3 is 2.00 bits per heavy atom. The van der Waals surface area contributed by atoms with Crippen LogP contribution in [0.5, 0.6) is 0 Å². The molecule has 0 aliphatic rings. The summed E-state index contributed by atoms with van der Waals surface area (Å²) < 4.78 is 2.72. The van der Waals surface area contributed by atoms with E-state index in [0.29, 0.717) is 0 Å². The second kappa shape index (κ2) is 3.90. The maximum Gasteiger partial charge on any atom is 0.506 e. The highest BCUT2D eigenvalue weighted by atomic mass is 35.6. The lowest BCUT2D eigenvalue weighted by molar-refractivity contribution is -0.00756. The molecule has 0 bridgehead atoms. The molecular formula is C6H9Cl3O3. The number of rotatable bonds is 2. The number of ether oxygens (including phenoxy) is 1. The number of hydrogen-bond acceptors (Lipinski definition) is 2. The van der Waals surface area contributed by atoms with Crippen molar-refractivity contribution >= 4 is 41.0 Å². The summed E-state index contributed by atoms with van der Waals surface area (Å²) >= 11 is 16.6. The topological polar surface area (TPSA) is 46.5 Å². The second-order valence-corrected chi connectivity index (χ2v) is 4.73. The highest BCUT2D eigenvalue weighted by Crippen LogP contribution is 2.42. The van der Waals surface area contributed by atoms with Crippen LogP contribution in [0.25, 0.3) is 0 Å². The van der Waals surface area contributed by atoms with E-state index in [1.165, 1.54) is 6.92 Å². The van der Waals surface area contributed by atoms with Crippen LogP contribution in [0.1, 0.15) is 20.3 Å². The summed E-state index contributed by atoms with van der Waals surface area (Å²) in [5, 5.41) is 8.35. The molecule has 0 saturated carbocycles. The van der Waals surface area contributed by atoms with Crippen LogP contribution in [-0.4, -0.2) is 20.7 Å². The molecule has 0 rings (SSSR count). The SMILES string of the molecule is CCC(C)(OC(=O)O)C(Cl)(Cl)Cl. The maximum absolute atomic E-state index is 10.2. The van der Waals surface area contributed by atoms with Crippen molar-refractivity contribution in [1.82, 2.24) is 0 Å². The van der Waals surface area contributed by atoms with Crippen molar-refractivity contribution in [3.05, 3.63) is 0 Å². The first-order valence-corrected chi connectivity index (χ1v) is 4.35. The van der Waals surface area contributed by atoms with Gasteiger partial charge in [-0.1, -0.05) is 41.7 Å². The van der Waals surface area contributed by atoms with Crippen molar-refractivity contribution in [2.45, 2.75) is 29.7 Å². The third-order valence-electron chi connectivity index (χ3n) is 1.59. The Morgan fingerprint density at radius 2 is 1.92 bits per heavy atom. The number of carboxylic acid groups (broad SMARTS) is 1. The minimum Gasteiger partial charge on any atom is -0.450 e. The van der Waals surface area contributed by atoms with Crippen molar-refractivity contribution in [2.75, 3.05) is 0 Å². The van der Waals surface area contributed by atoms with Crippen molar-refractivity contribution in [3.63, 3.8) is 0 Å². The van der Waals surface area contributed by atoms with E-state index in [1.54, 1.807) is 6.92 Å². The average Bonchev–Trinajstić information content (AvgIpc) is 1.83. The lowest BCUT2D eigenvalue weighted by Gasteiger charge is -2.33. The van der Waals surface area contributed by atoms with Gasteiger partial charge in [0.2, 0.25) is 3.79 Å². The fourth-order valence-corrected chi connectivity index (χ4v) is 1.04. The third kappa shape index (κ3) is 2.88. The fourth-order valence-electron chi connectivity index (χ4n) is 0.523. The zero-order valence-corrected chi connectivity index (χ0v) is 8.87. The van der Waals surface area contributed by atoms with Crippen LogP contribution in [0.15, 0.2) is 0 Å². The highest BCUT2D eigenvalue weighted by molar-refractivity contribution is 6.68. The predicted octanol–water partition coefficient (Wildman–Crippen LogP) is 3.22. The largest absolute Gasteiger partial charge is 0.506 e.